The van der Waals surface area contributed by atoms with Crippen molar-refractivity contribution in [2.45, 2.75) is 44.9 Å². The molecular weight excluding hydrogens is 285 g/mol. The molecule has 1 aromatic carbocycles. The van der Waals surface area contributed by atoms with Crippen molar-refractivity contribution in [1.82, 2.24) is 5.32 Å². The summed E-state index contributed by atoms with van der Waals surface area (Å²) in [4.78, 5) is 23.9. The van der Waals surface area contributed by atoms with Crippen molar-refractivity contribution in [2.75, 3.05) is 6.54 Å². The highest BCUT2D eigenvalue weighted by Gasteiger charge is 2.44. The molecule has 2 rings (SSSR count). The minimum Gasteiger partial charge on any atom is -0.481 e. The Morgan fingerprint density at radius 1 is 1.27 bits per heavy atom. The Morgan fingerprint density at radius 3 is 2.41 bits per heavy atom. The molecule has 0 bridgehead atoms. The van der Waals surface area contributed by atoms with Gasteiger partial charge in [-0.25, -0.2) is 4.39 Å². The van der Waals surface area contributed by atoms with Crippen LogP contribution < -0.4 is 5.32 Å². The SMILES string of the molecule is CC(C)(CNC(=O)C1(c2ccccc2F)CCCC1)C(=O)O. The van der Waals surface area contributed by atoms with Crippen LogP contribution in [0, 0.1) is 11.2 Å². The Labute approximate surface area is 129 Å². The molecule has 0 spiro atoms. The van der Waals surface area contributed by atoms with Crippen LogP contribution in [0.4, 0.5) is 4.39 Å². The molecule has 0 atom stereocenters. The number of carbonyl (C=O) groups excluding carboxylic acids is 1. The average Bonchev–Trinajstić information content (AvgIpc) is 2.95. The van der Waals surface area contributed by atoms with Crippen molar-refractivity contribution in [1.29, 1.82) is 0 Å². The summed E-state index contributed by atoms with van der Waals surface area (Å²) in [7, 11) is 0. The van der Waals surface area contributed by atoms with E-state index in [1.54, 1.807) is 32.0 Å². The van der Waals surface area contributed by atoms with Gasteiger partial charge in [0.2, 0.25) is 5.91 Å². The molecule has 4 nitrogen and oxygen atoms in total. The fourth-order valence-corrected chi connectivity index (χ4v) is 2.99. The number of benzene rings is 1. The van der Waals surface area contributed by atoms with Crippen molar-refractivity contribution in [3.8, 4) is 0 Å². The molecule has 0 saturated heterocycles. The van der Waals surface area contributed by atoms with Crippen LogP contribution in [0.2, 0.25) is 0 Å². The lowest BCUT2D eigenvalue weighted by atomic mass is 9.77. The number of amides is 1. The number of hydrogen-bond acceptors (Lipinski definition) is 2. The highest BCUT2D eigenvalue weighted by Crippen LogP contribution is 2.42. The van der Waals surface area contributed by atoms with E-state index in [1.807, 2.05) is 0 Å². The number of rotatable bonds is 5. The zero-order valence-corrected chi connectivity index (χ0v) is 13.0. The number of halogens is 1. The predicted molar refractivity (Wildman–Crippen MR) is 81.0 cm³/mol. The highest BCUT2D eigenvalue weighted by molar-refractivity contribution is 5.89. The Kier molecular flexibility index (Phi) is 4.54. The first kappa shape index (κ1) is 16.5. The lowest BCUT2D eigenvalue weighted by Gasteiger charge is -2.30. The molecule has 0 aromatic heterocycles. The van der Waals surface area contributed by atoms with E-state index in [0.29, 0.717) is 18.4 Å². The predicted octanol–water partition coefficient (Wildman–Crippen LogP) is 2.86. The first-order chi connectivity index (χ1) is 10.3. The van der Waals surface area contributed by atoms with Gasteiger partial charge in [0.05, 0.1) is 10.8 Å². The van der Waals surface area contributed by atoms with Crippen molar-refractivity contribution >= 4 is 11.9 Å². The molecule has 1 aromatic rings. The first-order valence-electron chi connectivity index (χ1n) is 7.56. The molecule has 0 heterocycles. The van der Waals surface area contributed by atoms with E-state index in [1.165, 1.54) is 6.07 Å². The monoisotopic (exact) mass is 307 g/mol. The number of carbonyl (C=O) groups is 2. The minimum absolute atomic E-state index is 0.0252. The van der Waals surface area contributed by atoms with Gasteiger partial charge in [0.15, 0.2) is 0 Å². The van der Waals surface area contributed by atoms with Gasteiger partial charge in [-0.05, 0) is 32.8 Å². The average molecular weight is 307 g/mol. The second-order valence-corrected chi connectivity index (χ2v) is 6.64. The van der Waals surface area contributed by atoms with Gasteiger partial charge in [0.25, 0.3) is 0 Å². The van der Waals surface area contributed by atoms with E-state index >= 15 is 0 Å². The molecular formula is C17H22FNO3. The number of carboxylic acids is 1. The summed E-state index contributed by atoms with van der Waals surface area (Å²) in [5, 5.41) is 11.9. The van der Waals surface area contributed by atoms with Gasteiger partial charge in [-0.1, -0.05) is 31.0 Å². The molecule has 22 heavy (non-hydrogen) atoms. The minimum atomic E-state index is -1.05. The summed E-state index contributed by atoms with van der Waals surface area (Å²) in [6.45, 7) is 3.14. The van der Waals surface area contributed by atoms with Crippen LogP contribution in [0.5, 0.6) is 0 Å². The lowest BCUT2D eigenvalue weighted by Crippen LogP contribution is -2.47. The summed E-state index contributed by atoms with van der Waals surface area (Å²) >= 11 is 0. The topological polar surface area (TPSA) is 66.4 Å². The molecule has 120 valence electrons. The molecule has 2 N–H and O–H groups in total. The smallest absolute Gasteiger partial charge is 0.310 e. The summed E-state index contributed by atoms with van der Waals surface area (Å²) in [5.41, 5.74) is -1.51. The fourth-order valence-electron chi connectivity index (χ4n) is 2.99. The van der Waals surface area contributed by atoms with Crippen molar-refractivity contribution in [2.24, 2.45) is 5.41 Å². The quantitative estimate of drug-likeness (QED) is 0.879. The Bertz CT molecular complexity index is 577. The van der Waals surface area contributed by atoms with Crippen molar-refractivity contribution in [3.63, 3.8) is 0 Å². The highest BCUT2D eigenvalue weighted by atomic mass is 19.1. The summed E-state index contributed by atoms with van der Waals surface area (Å²) in [6.07, 6.45) is 2.91. The lowest BCUT2D eigenvalue weighted by molar-refractivity contribution is -0.147. The molecule has 1 aliphatic carbocycles. The van der Waals surface area contributed by atoms with Gasteiger partial charge in [0, 0.05) is 12.1 Å². The largest absolute Gasteiger partial charge is 0.481 e. The normalized spacial score (nSPS) is 17.2. The molecule has 1 aliphatic rings. The summed E-state index contributed by atoms with van der Waals surface area (Å²) in [6, 6.07) is 6.35. The number of aliphatic carboxylic acids is 1. The molecule has 1 amide bonds. The van der Waals surface area contributed by atoms with Crippen molar-refractivity contribution in [3.05, 3.63) is 35.6 Å². The zero-order chi connectivity index (χ0) is 16.4. The maximum Gasteiger partial charge on any atom is 0.310 e. The molecule has 5 heteroatoms. The van der Waals surface area contributed by atoms with Crippen LogP contribution in [-0.2, 0) is 15.0 Å². The standard InChI is InChI=1S/C17H22FNO3/c1-16(2,15(21)22)11-19-14(20)17(9-5-6-10-17)12-7-3-4-8-13(12)18/h3-4,7-8H,5-6,9-11H2,1-2H3,(H,19,20)(H,21,22). The van der Waals surface area contributed by atoms with Crippen LogP contribution in [0.1, 0.15) is 45.1 Å². The molecule has 0 aliphatic heterocycles. The van der Waals surface area contributed by atoms with Gasteiger partial charge >= 0.3 is 5.97 Å². The maximum atomic E-state index is 14.2. The third-order valence-electron chi connectivity index (χ3n) is 4.55. The Balaban J connectivity index is 2.24. The van der Waals surface area contributed by atoms with Crippen LogP contribution >= 0.6 is 0 Å². The number of hydrogen-bond donors (Lipinski definition) is 2. The van der Waals surface area contributed by atoms with E-state index in [4.69, 9.17) is 5.11 Å². The van der Waals surface area contributed by atoms with Crippen LogP contribution in [0.3, 0.4) is 0 Å². The Morgan fingerprint density at radius 2 is 1.86 bits per heavy atom. The molecule has 1 fully saturated rings. The van der Waals surface area contributed by atoms with Gasteiger partial charge < -0.3 is 10.4 Å². The molecule has 1 saturated carbocycles. The third-order valence-corrected chi connectivity index (χ3v) is 4.55. The third kappa shape index (κ3) is 2.98. The van der Waals surface area contributed by atoms with Gasteiger partial charge in [0.1, 0.15) is 5.82 Å². The second-order valence-electron chi connectivity index (χ2n) is 6.64. The summed E-state index contributed by atoms with van der Waals surface area (Å²) < 4.78 is 14.2. The number of carboxylic acid groups (broad SMARTS) is 1. The maximum absolute atomic E-state index is 14.2. The van der Waals surface area contributed by atoms with Crippen LogP contribution in [0.25, 0.3) is 0 Å². The molecule has 0 unspecified atom stereocenters. The van der Waals surface area contributed by atoms with Gasteiger partial charge in [-0.2, -0.15) is 0 Å². The molecule has 0 radical (unpaired) electrons. The first-order valence-corrected chi connectivity index (χ1v) is 7.56. The van der Waals surface area contributed by atoms with E-state index in [-0.39, 0.29) is 18.3 Å². The second kappa shape index (κ2) is 6.07. The zero-order valence-electron chi connectivity index (χ0n) is 13.0. The van der Waals surface area contributed by atoms with E-state index in [0.717, 1.165) is 12.8 Å². The van der Waals surface area contributed by atoms with Gasteiger partial charge in [-0.3, -0.25) is 9.59 Å². The van der Waals surface area contributed by atoms with Crippen LogP contribution in [0.15, 0.2) is 24.3 Å². The van der Waals surface area contributed by atoms with Crippen molar-refractivity contribution < 1.29 is 19.1 Å². The van der Waals surface area contributed by atoms with Gasteiger partial charge in [-0.15, -0.1) is 0 Å². The number of nitrogens with one attached hydrogen (secondary N) is 1. The fraction of sp³-hybridized carbons (Fsp3) is 0.529. The van der Waals surface area contributed by atoms with Crippen LogP contribution in [-0.4, -0.2) is 23.5 Å². The van der Waals surface area contributed by atoms with E-state index < -0.39 is 16.8 Å². The summed E-state index contributed by atoms with van der Waals surface area (Å²) in [5.74, 6) is -1.62. The van der Waals surface area contributed by atoms with E-state index in [9.17, 15) is 14.0 Å². The Hall–Kier alpha value is -1.91. The van der Waals surface area contributed by atoms with E-state index in [2.05, 4.69) is 5.32 Å².